The lowest BCUT2D eigenvalue weighted by atomic mass is 9.96. The number of benzene rings is 1. The monoisotopic (exact) mass is 232 g/mol. The van der Waals surface area contributed by atoms with Crippen LogP contribution in [0.5, 0.6) is 0 Å². The lowest BCUT2D eigenvalue weighted by Crippen LogP contribution is -2.34. The Morgan fingerprint density at radius 1 is 1.06 bits per heavy atom. The van der Waals surface area contributed by atoms with Crippen molar-refractivity contribution in [3.8, 4) is 0 Å². The van der Waals surface area contributed by atoms with Crippen LogP contribution in [0.1, 0.15) is 43.2 Å². The maximum Gasteiger partial charge on any atom is 0.0655 e. The Labute approximate surface area is 105 Å². The lowest BCUT2D eigenvalue weighted by molar-refractivity contribution is 0.381. The van der Waals surface area contributed by atoms with Crippen LogP contribution in [0.2, 0.25) is 0 Å². The number of hydrogen-bond acceptors (Lipinski definition) is 2. The molecule has 0 atom stereocenters. The van der Waals surface area contributed by atoms with E-state index in [9.17, 15) is 0 Å². The third-order valence-electron chi connectivity index (χ3n) is 3.80. The number of aryl methyl sites for hydroxylation is 2. The standard InChI is InChI=1S/C15H24N2/c1-12-8-9-15(10-13(12)2)17-11-16-14-6-4-3-5-7-14/h8-10,14,16-17H,3-7,11H2,1-2H3. The van der Waals surface area contributed by atoms with Gasteiger partial charge in [-0.25, -0.2) is 0 Å². The fraction of sp³-hybridized carbons (Fsp3) is 0.600. The number of rotatable bonds is 4. The second kappa shape index (κ2) is 6.06. The smallest absolute Gasteiger partial charge is 0.0655 e. The molecule has 0 saturated heterocycles. The molecule has 0 bridgehead atoms. The van der Waals surface area contributed by atoms with Gasteiger partial charge in [-0.15, -0.1) is 0 Å². The fourth-order valence-corrected chi connectivity index (χ4v) is 2.46. The third kappa shape index (κ3) is 3.74. The van der Waals surface area contributed by atoms with E-state index in [-0.39, 0.29) is 0 Å². The topological polar surface area (TPSA) is 24.1 Å². The van der Waals surface area contributed by atoms with E-state index >= 15 is 0 Å². The van der Waals surface area contributed by atoms with Gasteiger partial charge in [0.2, 0.25) is 0 Å². The average Bonchev–Trinajstić information content (AvgIpc) is 2.35. The highest BCUT2D eigenvalue weighted by atomic mass is 15.1. The van der Waals surface area contributed by atoms with E-state index in [0.717, 1.165) is 12.7 Å². The van der Waals surface area contributed by atoms with E-state index in [1.807, 2.05) is 0 Å². The minimum atomic E-state index is 0.725. The highest BCUT2D eigenvalue weighted by molar-refractivity contribution is 5.47. The molecule has 1 fully saturated rings. The molecule has 2 heteroatoms. The van der Waals surface area contributed by atoms with Crippen molar-refractivity contribution in [2.75, 3.05) is 12.0 Å². The van der Waals surface area contributed by atoms with E-state index in [2.05, 4.69) is 42.7 Å². The molecule has 0 heterocycles. The Hall–Kier alpha value is -1.02. The van der Waals surface area contributed by atoms with Crippen molar-refractivity contribution in [3.63, 3.8) is 0 Å². The molecule has 0 spiro atoms. The van der Waals surface area contributed by atoms with Crippen LogP contribution in [0.25, 0.3) is 0 Å². The zero-order valence-corrected chi connectivity index (χ0v) is 11.1. The minimum absolute atomic E-state index is 0.725. The second-order valence-corrected chi connectivity index (χ2v) is 5.19. The van der Waals surface area contributed by atoms with Crippen molar-refractivity contribution in [3.05, 3.63) is 29.3 Å². The molecule has 2 nitrogen and oxygen atoms in total. The van der Waals surface area contributed by atoms with Gasteiger partial charge in [0.25, 0.3) is 0 Å². The Balaban J connectivity index is 1.75. The molecular weight excluding hydrogens is 208 g/mol. The summed E-state index contributed by atoms with van der Waals surface area (Å²) in [7, 11) is 0. The normalized spacial score (nSPS) is 17.1. The molecule has 1 saturated carbocycles. The van der Waals surface area contributed by atoms with Crippen molar-refractivity contribution < 1.29 is 0 Å². The molecule has 17 heavy (non-hydrogen) atoms. The Kier molecular flexibility index (Phi) is 4.43. The molecule has 94 valence electrons. The van der Waals surface area contributed by atoms with Gasteiger partial charge in [-0.3, -0.25) is 5.32 Å². The summed E-state index contributed by atoms with van der Waals surface area (Å²) in [5.41, 5.74) is 3.93. The molecule has 0 amide bonds. The number of nitrogens with one attached hydrogen (secondary N) is 2. The number of anilines is 1. The molecule has 0 radical (unpaired) electrons. The SMILES string of the molecule is Cc1ccc(NCNC2CCCCC2)cc1C. The summed E-state index contributed by atoms with van der Waals surface area (Å²) >= 11 is 0. The fourth-order valence-electron chi connectivity index (χ4n) is 2.46. The zero-order valence-electron chi connectivity index (χ0n) is 11.1. The van der Waals surface area contributed by atoms with E-state index in [1.54, 1.807) is 0 Å². The Bertz CT molecular complexity index is 354. The summed E-state index contributed by atoms with van der Waals surface area (Å²) in [6.07, 6.45) is 6.88. The highest BCUT2D eigenvalue weighted by Crippen LogP contribution is 2.17. The van der Waals surface area contributed by atoms with Gasteiger partial charge in [0, 0.05) is 11.7 Å². The first-order valence-corrected chi connectivity index (χ1v) is 6.80. The van der Waals surface area contributed by atoms with E-state index in [0.29, 0.717) is 0 Å². The van der Waals surface area contributed by atoms with E-state index < -0.39 is 0 Å². The van der Waals surface area contributed by atoms with Crippen molar-refractivity contribution in [1.29, 1.82) is 0 Å². The van der Waals surface area contributed by atoms with Crippen LogP contribution in [0.3, 0.4) is 0 Å². The molecule has 0 aromatic heterocycles. The van der Waals surface area contributed by atoms with E-state index in [1.165, 1.54) is 48.9 Å². The summed E-state index contributed by atoms with van der Waals surface area (Å²) < 4.78 is 0. The Morgan fingerprint density at radius 2 is 1.82 bits per heavy atom. The van der Waals surface area contributed by atoms with Crippen molar-refractivity contribution in [1.82, 2.24) is 5.32 Å². The molecule has 1 aromatic rings. The number of hydrogen-bond donors (Lipinski definition) is 2. The molecule has 1 aromatic carbocycles. The molecular formula is C15H24N2. The Morgan fingerprint density at radius 3 is 2.53 bits per heavy atom. The van der Waals surface area contributed by atoms with Crippen LogP contribution in [0, 0.1) is 13.8 Å². The summed E-state index contributed by atoms with van der Waals surface area (Å²) in [6, 6.07) is 7.28. The summed E-state index contributed by atoms with van der Waals surface area (Å²) in [5, 5.41) is 7.04. The van der Waals surface area contributed by atoms with Gasteiger partial charge < -0.3 is 5.32 Å². The van der Waals surface area contributed by atoms with Crippen molar-refractivity contribution >= 4 is 5.69 Å². The molecule has 1 aliphatic carbocycles. The van der Waals surface area contributed by atoms with Crippen molar-refractivity contribution in [2.45, 2.75) is 52.0 Å². The van der Waals surface area contributed by atoms with Crippen LogP contribution in [0.4, 0.5) is 5.69 Å². The van der Waals surface area contributed by atoms with Gasteiger partial charge in [0.05, 0.1) is 6.67 Å². The van der Waals surface area contributed by atoms with Crippen LogP contribution in [-0.2, 0) is 0 Å². The summed E-state index contributed by atoms with van der Waals surface area (Å²) in [5.74, 6) is 0. The minimum Gasteiger partial charge on any atom is -0.372 e. The largest absolute Gasteiger partial charge is 0.372 e. The van der Waals surface area contributed by atoms with Crippen LogP contribution < -0.4 is 10.6 Å². The van der Waals surface area contributed by atoms with Gasteiger partial charge in [-0.1, -0.05) is 25.3 Å². The maximum absolute atomic E-state index is 3.59. The molecule has 2 N–H and O–H groups in total. The second-order valence-electron chi connectivity index (χ2n) is 5.19. The third-order valence-corrected chi connectivity index (χ3v) is 3.80. The summed E-state index contributed by atoms with van der Waals surface area (Å²) in [6.45, 7) is 5.20. The van der Waals surface area contributed by atoms with Crippen LogP contribution in [-0.4, -0.2) is 12.7 Å². The van der Waals surface area contributed by atoms with Gasteiger partial charge >= 0.3 is 0 Å². The van der Waals surface area contributed by atoms with Gasteiger partial charge in [0.15, 0.2) is 0 Å². The zero-order chi connectivity index (χ0) is 12.1. The predicted molar refractivity (Wildman–Crippen MR) is 74.4 cm³/mol. The summed E-state index contributed by atoms with van der Waals surface area (Å²) in [4.78, 5) is 0. The molecule has 1 aliphatic rings. The molecule has 0 aliphatic heterocycles. The highest BCUT2D eigenvalue weighted by Gasteiger charge is 2.11. The lowest BCUT2D eigenvalue weighted by Gasteiger charge is -2.23. The first-order chi connectivity index (χ1) is 8.25. The average molecular weight is 232 g/mol. The van der Waals surface area contributed by atoms with E-state index in [4.69, 9.17) is 0 Å². The maximum atomic E-state index is 3.59. The van der Waals surface area contributed by atoms with Gasteiger partial charge in [-0.05, 0) is 49.9 Å². The first kappa shape index (κ1) is 12.4. The van der Waals surface area contributed by atoms with Gasteiger partial charge in [-0.2, -0.15) is 0 Å². The first-order valence-electron chi connectivity index (χ1n) is 6.80. The predicted octanol–water partition coefficient (Wildman–Crippen LogP) is 3.60. The molecule has 2 rings (SSSR count). The van der Waals surface area contributed by atoms with Crippen LogP contribution >= 0.6 is 0 Å². The van der Waals surface area contributed by atoms with Crippen LogP contribution in [0.15, 0.2) is 18.2 Å². The quantitative estimate of drug-likeness (QED) is 0.775. The van der Waals surface area contributed by atoms with Gasteiger partial charge in [0.1, 0.15) is 0 Å². The van der Waals surface area contributed by atoms with Crippen molar-refractivity contribution in [2.24, 2.45) is 0 Å². The molecule has 0 unspecified atom stereocenters.